The van der Waals surface area contributed by atoms with Crippen molar-refractivity contribution < 1.29 is 4.79 Å². The Morgan fingerprint density at radius 1 is 1.46 bits per heavy atom. The normalized spacial score (nSPS) is 13.5. The third kappa shape index (κ3) is 1.45. The molecule has 2 rings (SSSR count). The summed E-state index contributed by atoms with van der Waals surface area (Å²) in [7, 11) is 0. The summed E-state index contributed by atoms with van der Waals surface area (Å²) in [5.41, 5.74) is 3.11. The number of allylic oxidation sites excluding steroid dienone is 1. The van der Waals surface area contributed by atoms with Crippen molar-refractivity contribution in [1.29, 1.82) is 0 Å². The maximum absolute atomic E-state index is 10.3. The molecular formula is C10H8ClNO. The molecule has 13 heavy (non-hydrogen) atoms. The first-order valence-corrected chi connectivity index (χ1v) is 4.38. The molecule has 66 valence electrons. The molecule has 0 unspecified atom stereocenters. The van der Waals surface area contributed by atoms with E-state index in [1.165, 1.54) is 0 Å². The van der Waals surface area contributed by atoms with Crippen LogP contribution in [0, 0.1) is 0 Å². The van der Waals surface area contributed by atoms with Crippen molar-refractivity contribution in [3.8, 4) is 0 Å². The minimum absolute atomic E-state index is 0.690. The van der Waals surface area contributed by atoms with Crippen molar-refractivity contribution >= 4 is 23.7 Å². The van der Waals surface area contributed by atoms with Crippen molar-refractivity contribution in [3.05, 3.63) is 40.4 Å². The van der Waals surface area contributed by atoms with E-state index in [4.69, 9.17) is 11.6 Å². The summed E-state index contributed by atoms with van der Waals surface area (Å²) in [4.78, 5) is 10.3. The van der Waals surface area contributed by atoms with Gasteiger partial charge in [-0.15, -0.1) is 0 Å². The number of hydrogen-bond donors (Lipinski definition) is 1. The van der Waals surface area contributed by atoms with E-state index in [9.17, 15) is 4.79 Å². The number of amides is 1. The van der Waals surface area contributed by atoms with E-state index in [0.717, 1.165) is 28.3 Å². The number of halogens is 1. The number of nitrogens with one attached hydrogen (secondary N) is 1. The van der Waals surface area contributed by atoms with Crippen LogP contribution >= 0.6 is 11.6 Å². The molecule has 1 aliphatic carbocycles. The fourth-order valence-electron chi connectivity index (χ4n) is 1.52. The van der Waals surface area contributed by atoms with E-state index < -0.39 is 0 Å². The molecule has 1 aromatic carbocycles. The van der Waals surface area contributed by atoms with E-state index >= 15 is 0 Å². The molecule has 0 heterocycles. The standard InChI is InChI=1S/C10H8ClNO/c11-8-2-3-9-7(5-8)1-4-10(9)12-6-13/h2-6H,1H2,(H,12,13). The average Bonchev–Trinajstić information content (AvgIpc) is 2.49. The van der Waals surface area contributed by atoms with Crippen LogP contribution < -0.4 is 5.32 Å². The van der Waals surface area contributed by atoms with Gasteiger partial charge in [-0.1, -0.05) is 23.7 Å². The summed E-state index contributed by atoms with van der Waals surface area (Å²) >= 11 is 5.84. The molecule has 2 nitrogen and oxygen atoms in total. The molecule has 0 aromatic heterocycles. The van der Waals surface area contributed by atoms with Crippen LogP contribution in [0.25, 0.3) is 5.70 Å². The van der Waals surface area contributed by atoms with Gasteiger partial charge in [-0.3, -0.25) is 4.79 Å². The van der Waals surface area contributed by atoms with Gasteiger partial charge in [0.15, 0.2) is 0 Å². The third-order valence-corrected chi connectivity index (χ3v) is 2.33. The summed E-state index contributed by atoms with van der Waals surface area (Å²) in [6.07, 6.45) is 3.51. The van der Waals surface area contributed by atoms with Crippen LogP contribution in [0.15, 0.2) is 24.3 Å². The first kappa shape index (κ1) is 8.32. The molecule has 0 atom stereocenters. The van der Waals surface area contributed by atoms with E-state index in [1.54, 1.807) is 0 Å². The molecule has 1 amide bonds. The summed E-state index contributed by atoms with van der Waals surface area (Å²) < 4.78 is 0. The van der Waals surface area contributed by atoms with Crippen LogP contribution in [-0.4, -0.2) is 6.41 Å². The maximum Gasteiger partial charge on any atom is 0.211 e. The number of rotatable bonds is 2. The van der Waals surface area contributed by atoms with Crippen molar-refractivity contribution in [1.82, 2.24) is 5.32 Å². The van der Waals surface area contributed by atoms with E-state index in [0.29, 0.717) is 6.41 Å². The molecule has 1 N–H and O–H groups in total. The molecule has 0 fully saturated rings. The highest BCUT2D eigenvalue weighted by Gasteiger charge is 2.12. The van der Waals surface area contributed by atoms with Gasteiger partial charge in [-0.2, -0.15) is 0 Å². The predicted molar refractivity (Wildman–Crippen MR) is 52.3 cm³/mol. The highest BCUT2D eigenvalue weighted by Crippen LogP contribution is 2.27. The highest BCUT2D eigenvalue weighted by molar-refractivity contribution is 6.30. The minimum Gasteiger partial charge on any atom is -0.328 e. The van der Waals surface area contributed by atoms with Crippen LogP contribution in [-0.2, 0) is 11.2 Å². The summed E-state index contributed by atoms with van der Waals surface area (Å²) in [6, 6.07) is 5.67. The molecule has 0 spiro atoms. The Kier molecular flexibility index (Phi) is 2.07. The number of carbonyl (C=O) groups excluding carboxylic acids is 1. The molecule has 0 radical (unpaired) electrons. The second-order valence-electron chi connectivity index (χ2n) is 2.89. The monoisotopic (exact) mass is 193 g/mol. The van der Waals surface area contributed by atoms with Crippen LogP contribution in [0.3, 0.4) is 0 Å². The lowest BCUT2D eigenvalue weighted by molar-refractivity contribution is -0.108. The van der Waals surface area contributed by atoms with Crippen LogP contribution in [0.5, 0.6) is 0 Å². The average molecular weight is 194 g/mol. The first-order valence-electron chi connectivity index (χ1n) is 4.00. The zero-order valence-electron chi connectivity index (χ0n) is 6.88. The molecule has 1 aromatic rings. The second kappa shape index (κ2) is 3.23. The summed E-state index contributed by atoms with van der Waals surface area (Å²) in [5.74, 6) is 0. The van der Waals surface area contributed by atoms with Gasteiger partial charge in [0, 0.05) is 16.3 Å². The van der Waals surface area contributed by atoms with Gasteiger partial charge in [0.1, 0.15) is 0 Å². The van der Waals surface area contributed by atoms with Crippen LogP contribution in [0.4, 0.5) is 0 Å². The number of fused-ring (bicyclic) bond motifs is 1. The molecular weight excluding hydrogens is 186 g/mol. The largest absolute Gasteiger partial charge is 0.328 e. The summed E-state index contributed by atoms with van der Waals surface area (Å²) in [5, 5.41) is 3.39. The highest BCUT2D eigenvalue weighted by atomic mass is 35.5. The second-order valence-corrected chi connectivity index (χ2v) is 3.32. The van der Waals surface area contributed by atoms with Crippen molar-refractivity contribution in [2.75, 3.05) is 0 Å². The minimum atomic E-state index is 0.690. The molecule has 0 saturated heterocycles. The Bertz CT molecular complexity index is 385. The van der Waals surface area contributed by atoms with Crippen molar-refractivity contribution in [2.24, 2.45) is 0 Å². The van der Waals surface area contributed by atoms with Crippen LogP contribution in [0.1, 0.15) is 11.1 Å². The van der Waals surface area contributed by atoms with Gasteiger partial charge < -0.3 is 5.32 Å². The molecule has 1 aliphatic rings. The Hall–Kier alpha value is -1.28. The molecule has 0 aliphatic heterocycles. The predicted octanol–water partition coefficient (Wildman–Crippen LogP) is 1.98. The van der Waals surface area contributed by atoms with Gasteiger partial charge in [0.25, 0.3) is 0 Å². The number of benzene rings is 1. The molecule has 0 bridgehead atoms. The van der Waals surface area contributed by atoms with Crippen molar-refractivity contribution in [2.45, 2.75) is 6.42 Å². The zero-order valence-corrected chi connectivity index (χ0v) is 7.64. The van der Waals surface area contributed by atoms with Gasteiger partial charge in [-0.05, 0) is 24.1 Å². The van der Waals surface area contributed by atoms with Crippen molar-refractivity contribution in [3.63, 3.8) is 0 Å². The number of hydrogen-bond acceptors (Lipinski definition) is 1. The van der Waals surface area contributed by atoms with Gasteiger partial charge >= 0.3 is 0 Å². The van der Waals surface area contributed by atoms with E-state index in [-0.39, 0.29) is 0 Å². The lowest BCUT2D eigenvalue weighted by Crippen LogP contribution is -2.07. The van der Waals surface area contributed by atoms with Crippen LogP contribution in [0.2, 0.25) is 5.02 Å². The third-order valence-electron chi connectivity index (χ3n) is 2.10. The van der Waals surface area contributed by atoms with E-state index in [2.05, 4.69) is 5.32 Å². The smallest absolute Gasteiger partial charge is 0.211 e. The topological polar surface area (TPSA) is 29.1 Å². The first-order chi connectivity index (χ1) is 6.31. The fourth-order valence-corrected chi connectivity index (χ4v) is 1.71. The zero-order chi connectivity index (χ0) is 9.26. The fraction of sp³-hybridized carbons (Fsp3) is 0.100. The van der Waals surface area contributed by atoms with Gasteiger partial charge in [0.2, 0.25) is 6.41 Å². The summed E-state index contributed by atoms with van der Waals surface area (Å²) in [6.45, 7) is 0. The lowest BCUT2D eigenvalue weighted by atomic mass is 10.1. The van der Waals surface area contributed by atoms with Gasteiger partial charge in [-0.25, -0.2) is 0 Å². The quantitative estimate of drug-likeness (QED) is 0.716. The Morgan fingerprint density at radius 3 is 3.08 bits per heavy atom. The van der Waals surface area contributed by atoms with E-state index in [1.807, 2.05) is 24.3 Å². The van der Waals surface area contributed by atoms with Gasteiger partial charge in [0.05, 0.1) is 0 Å². The number of carbonyl (C=O) groups is 1. The SMILES string of the molecule is O=CNC1=CCc2cc(Cl)ccc21. The Labute approximate surface area is 81.2 Å². The Morgan fingerprint density at radius 2 is 2.31 bits per heavy atom. The molecule has 0 saturated carbocycles. The Balaban J connectivity index is 2.39. The molecule has 3 heteroatoms. The maximum atomic E-state index is 10.3. The lowest BCUT2D eigenvalue weighted by Gasteiger charge is -2.03.